The van der Waals surface area contributed by atoms with Crippen molar-refractivity contribution in [2.75, 3.05) is 6.54 Å². The highest BCUT2D eigenvalue weighted by atomic mass is 32.1. The summed E-state index contributed by atoms with van der Waals surface area (Å²) in [5, 5.41) is 3.76. The fourth-order valence-electron chi connectivity index (χ4n) is 2.39. The van der Waals surface area contributed by atoms with Gasteiger partial charge in [0.2, 0.25) is 0 Å². The molecule has 0 unspecified atom stereocenters. The van der Waals surface area contributed by atoms with Gasteiger partial charge in [0, 0.05) is 12.1 Å². The van der Waals surface area contributed by atoms with E-state index >= 15 is 0 Å². The second-order valence-corrected chi connectivity index (χ2v) is 6.59. The highest BCUT2D eigenvalue weighted by Gasteiger charge is 2.28. The van der Waals surface area contributed by atoms with Crippen LogP contribution in [-0.2, 0) is 0 Å². The van der Waals surface area contributed by atoms with Gasteiger partial charge in [0.15, 0.2) is 0 Å². The molecule has 0 aliphatic carbocycles. The Morgan fingerprint density at radius 3 is 2.43 bits per heavy atom. The third kappa shape index (κ3) is 3.76. The molecule has 6 heteroatoms. The first-order valence-corrected chi connectivity index (χ1v) is 8.52. The Morgan fingerprint density at radius 2 is 1.91 bits per heavy atom. The van der Waals surface area contributed by atoms with Crippen molar-refractivity contribution in [1.82, 2.24) is 10.3 Å². The number of nitrogens with zero attached hydrogens (tertiary/aromatic N) is 1. The first-order valence-electron chi connectivity index (χ1n) is 7.70. The van der Waals surface area contributed by atoms with E-state index in [2.05, 4.69) is 10.3 Å². The standard InChI is InChI=1S/C17H22FN3OS/c1-4-17(5-2,10-19)21-15(22)14-11(3)20-16(23-14)12-6-8-13(18)9-7-12/h6-9H,4-5,10,19H2,1-3H3,(H,21,22). The van der Waals surface area contributed by atoms with Gasteiger partial charge in [0.25, 0.3) is 5.91 Å². The fourth-order valence-corrected chi connectivity index (χ4v) is 3.35. The van der Waals surface area contributed by atoms with E-state index in [1.165, 1.54) is 23.5 Å². The molecule has 0 aliphatic heterocycles. The normalized spacial score (nSPS) is 11.5. The Bertz CT molecular complexity index is 669. The molecule has 0 saturated heterocycles. The molecule has 0 bridgehead atoms. The van der Waals surface area contributed by atoms with Gasteiger partial charge in [0.05, 0.1) is 11.2 Å². The average Bonchev–Trinajstić information content (AvgIpc) is 2.95. The summed E-state index contributed by atoms with van der Waals surface area (Å²) in [7, 11) is 0. The zero-order valence-electron chi connectivity index (χ0n) is 13.6. The smallest absolute Gasteiger partial charge is 0.263 e. The Labute approximate surface area is 139 Å². The van der Waals surface area contributed by atoms with Crippen LogP contribution in [0, 0.1) is 12.7 Å². The van der Waals surface area contributed by atoms with E-state index in [0.29, 0.717) is 22.1 Å². The van der Waals surface area contributed by atoms with E-state index < -0.39 is 0 Å². The first-order chi connectivity index (χ1) is 10.9. The van der Waals surface area contributed by atoms with Crippen LogP contribution < -0.4 is 11.1 Å². The number of aryl methyl sites for hydroxylation is 1. The molecule has 23 heavy (non-hydrogen) atoms. The molecule has 4 nitrogen and oxygen atoms in total. The molecule has 2 rings (SSSR count). The number of hydrogen-bond donors (Lipinski definition) is 2. The molecule has 0 spiro atoms. The molecule has 1 heterocycles. The van der Waals surface area contributed by atoms with Crippen LogP contribution in [0.3, 0.4) is 0 Å². The summed E-state index contributed by atoms with van der Waals surface area (Å²) in [6, 6.07) is 6.11. The van der Waals surface area contributed by atoms with Crippen molar-refractivity contribution in [3.63, 3.8) is 0 Å². The minimum atomic E-state index is -0.385. The number of thiazole rings is 1. The Balaban J connectivity index is 2.27. The van der Waals surface area contributed by atoms with Crippen molar-refractivity contribution in [2.24, 2.45) is 5.73 Å². The van der Waals surface area contributed by atoms with Crippen LogP contribution in [0.15, 0.2) is 24.3 Å². The molecule has 2 aromatic rings. The maximum Gasteiger partial charge on any atom is 0.263 e. The number of carbonyl (C=O) groups excluding carboxylic acids is 1. The third-order valence-corrected chi connectivity index (χ3v) is 5.42. The number of nitrogens with two attached hydrogens (primary N) is 1. The largest absolute Gasteiger partial charge is 0.345 e. The number of halogens is 1. The van der Waals surface area contributed by atoms with Gasteiger partial charge in [-0.05, 0) is 44.0 Å². The minimum absolute atomic E-state index is 0.150. The summed E-state index contributed by atoms with van der Waals surface area (Å²) < 4.78 is 13.0. The van der Waals surface area contributed by atoms with E-state index in [0.717, 1.165) is 18.4 Å². The van der Waals surface area contributed by atoms with E-state index in [1.807, 2.05) is 13.8 Å². The molecule has 1 amide bonds. The average molecular weight is 335 g/mol. The number of benzene rings is 1. The minimum Gasteiger partial charge on any atom is -0.345 e. The monoisotopic (exact) mass is 335 g/mol. The van der Waals surface area contributed by atoms with Crippen LogP contribution in [0.2, 0.25) is 0 Å². The molecule has 1 aromatic heterocycles. The molecule has 3 N–H and O–H groups in total. The zero-order chi connectivity index (χ0) is 17.0. The van der Waals surface area contributed by atoms with Crippen molar-refractivity contribution in [3.8, 4) is 10.6 Å². The molecule has 0 saturated carbocycles. The maximum atomic E-state index is 13.0. The fraction of sp³-hybridized carbons (Fsp3) is 0.412. The van der Waals surface area contributed by atoms with E-state index in [9.17, 15) is 9.18 Å². The Morgan fingerprint density at radius 1 is 1.30 bits per heavy atom. The van der Waals surface area contributed by atoms with Crippen LogP contribution in [0.4, 0.5) is 4.39 Å². The van der Waals surface area contributed by atoms with E-state index in [1.54, 1.807) is 19.1 Å². The summed E-state index contributed by atoms with van der Waals surface area (Å²) in [5.74, 6) is -0.443. The van der Waals surface area contributed by atoms with Gasteiger partial charge in [0.1, 0.15) is 15.7 Å². The SMILES string of the molecule is CCC(CC)(CN)NC(=O)c1sc(-c2ccc(F)cc2)nc1C. The van der Waals surface area contributed by atoms with Gasteiger partial charge in [-0.25, -0.2) is 9.37 Å². The van der Waals surface area contributed by atoms with Gasteiger partial charge in [-0.1, -0.05) is 13.8 Å². The highest BCUT2D eigenvalue weighted by molar-refractivity contribution is 7.17. The molecule has 0 atom stereocenters. The lowest BCUT2D eigenvalue weighted by Gasteiger charge is -2.31. The van der Waals surface area contributed by atoms with Crippen molar-refractivity contribution >= 4 is 17.2 Å². The molecular formula is C17H22FN3OS. The molecular weight excluding hydrogens is 313 g/mol. The predicted molar refractivity (Wildman–Crippen MR) is 92.1 cm³/mol. The zero-order valence-corrected chi connectivity index (χ0v) is 14.5. The second-order valence-electron chi connectivity index (χ2n) is 5.59. The van der Waals surface area contributed by atoms with Crippen molar-refractivity contribution < 1.29 is 9.18 Å². The second kappa shape index (κ2) is 7.19. The van der Waals surface area contributed by atoms with Crippen molar-refractivity contribution in [1.29, 1.82) is 0 Å². The van der Waals surface area contributed by atoms with Gasteiger partial charge < -0.3 is 11.1 Å². The van der Waals surface area contributed by atoms with Crippen LogP contribution >= 0.6 is 11.3 Å². The molecule has 0 aliphatic rings. The summed E-state index contributed by atoms with van der Waals surface area (Å²) in [5.41, 5.74) is 6.93. The summed E-state index contributed by atoms with van der Waals surface area (Å²) in [6.45, 7) is 6.23. The highest BCUT2D eigenvalue weighted by Crippen LogP contribution is 2.28. The number of carbonyl (C=O) groups is 1. The van der Waals surface area contributed by atoms with Crippen LogP contribution in [0.1, 0.15) is 42.1 Å². The summed E-state index contributed by atoms with van der Waals surface area (Å²) in [6.07, 6.45) is 1.54. The lowest BCUT2D eigenvalue weighted by atomic mass is 9.93. The Kier molecular flexibility index (Phi) is 5.49. The quantitative estimate of drug-likeness (QED) is 0.849. The molecule has 124 valence electrons. The summed E-state index contributed by atoms with van der Waals surface area (Å²) >= 11 is 1.31. The van der Waals surface area contributed by atoms with E-state index in [4.69, 9.17) is 5.73 Å². The Hall–Kier alpha value is -1.79. The number of hydrogen-bond acceptors (Lipinski definition) is 4. The van der Waals surface area contributed by atoms with Crippen LogP contribution in [-0.4, -0.2) is 23.0 Å². The predicted octanol–water partition coefficient (Wildman–Crippen LogP) is 3.50. The molecule has 0 radical (unpaired) electrons. The number of rotatable bonds is 6. The lowest BCUT2D eigenvalue weighted by Crippen LogP contribution is -2.52. The number of aromatic nitrogens is 1. The molecule has 0 fully saturated rings. The topological polar surface area (TPSA) is 68.0 Å². The van der Waals surface area contributed by atoms with Crippen LogP contribution in [0.5, 0.6) is 0 Å². The van der Waals surface area contributed by atoms with E-state index in [-0.39, 0.29) is 17.3 Å². The van der Waals surface area contributed by atoms with Crippen molar-refractivity contribution in [2.45, 2.75) is 39.2 Å². The van der Waals surface area contributed by atoms with Gasteiger partial charge >= 0.3 is 0 Å². The lowest BCUT2D eigenvalue weighted by molar-refractivity contribution is 0.0898. The molecule has 1 aromatic carbocycles. The third-order valence-electron chi connectivity index (χ3n) is 4.22. The first kappa shape index (κ1) is 17.6. The van der Waals surface area contributed by atoms with Crippen molar-refractivity contribution in [3.05, 3.63) is 40.7 Å². The summed E-state index contributed by atoms with van der Waals surface area (Å²) in [4.78, 5) is 17.6. The number of nitrogens with one attached hydrogen (secondary N) is 1. The van der Waals surface area contributed by atoms with Gasteiger partial charge in [-0.3, -0.25) is 4.79 Å². The van der Waals surface area contributed by atoms with Gasteiger partial charge in [-0.15, -0.1) is 11.3 Å². The maximum absolute atomic E-state index is 13.0. The van der Waals surface area contributed by atoms with Crippen LogP contribution in [0.25, 0.3) is 10.6 Å². The number of amides is 1. The van der Waals surface area contributed by atoms with Gasteiger partial charge in [-0.2, -0.15) is 0 Å².